The molecule has 10 heteroatoms. The van der Waals surface area contributed by atoms with E-state index in [0.29, 0.717) is 22.3 Å². The standard InChI is InChI=1S/C20H24N6O3S/c1-13(19(27)21-14-6-8-15(9-7-14)25(2)3)30-20-22-23-24-26(20)17-12-16(28-4)10-11-18(17)29-5/h6-13H,1-5H3,(H,21,27). The van der Waals surface area contributed by atoms with E-state index in [1.165, 1.54) is 16.4 Å². The minimum Gasteiger partial charge on any atom is -0.497 e. The normalized spacial score (nSPS) is 11.6. The van der Waals surface area contributed by atoms with Crippen LogP contribution in [0.3, 0.4) is 0 Å². The minimum atomic E-state index is -0.431. The number of methoxy groups -OCH3 is 2. The number of rotatable bonds is 8. The molecule has 3 aromatic rings. The fraction of sp³-hybridized carbons (Fsp3) is 0.300. The van der Waals surface area contributed by atoms with Crippen molar-refractivity contribution in [2.24, 2.45) is 0 Å². The Kier molecular flexibility index (Phi) is 6.78. The molecular weight excluding hydrogens is 404 g/mol. The second-order valence-corrected chi connectivity index (χ2v) is 7.91. The second kappa shape index (κ2) is 9.49. The smallest absolute Gasteiger partial charge is 0.237 e. The van der Waals surface area contributed by atoms with E-state index in [0.717, 1.165) is 11.4 Å². The molecule has 0 saturated heterocycles. The highest BCUT2D eigenvalue weighted by molar-refractivity contribution is 8.00. The van der Waals surface area contributed by atoms with Gasteiger partial charge >= 0.3 is 0 Å². The molecule has 1 atom stereocenters. The summed E-state index contributed by atoms with van der Waals surface area (Å²) in [5.74, 6) is 1.08. The molecule has 1 unspecified atom stereocenters. The zero-order valence-electron chi connectivity index (χ0n) is 17.5. The average Bonchev–Trinajstić information content (AvgIpc) is 3.21. The van der Waals surface area contributed by atoms with Gasteiger partial charge in [0.05, 0.1) is 19.5 Å². The summed E-state index contributed by atoms with van der Waals surface area (Å²) < 4.78 is 12.2. The first-order valence-corrected chi connectivity index (χ1v) is 10.1. The van der Waals surface area contributed by atoms with Crippen LogP contribution >= 0.6 is 11.8 Å². The molecule has 9 nitrogen and oxygen atoms in total. The van der Waals surface area contributed by atoms with Crippen LogP contribution in [0.25, 0.3) is 5.69 Å². The predicted molar refractivity (Wildman–Crippen MR) is 117 cm³/mol. The highest BCUT2D eigenvalue weighted by Gasteiger charge is 2.21. The van der Waals surface area contributed by atoms with Crippen molar-refractivity contribution in [2.75, 3.05) is 38.5 Å². The van der Waals surface area contributed by atoms with E-state index in [2.05, 4.69) is 20.8 Å². The Morgan fingerprint density at radius 2 is 1.87 bits per heavy atom. The van der Waals surface area contributed by atoms with E-state index in [1.807, 2.05) is 43.3 Å². The summed E-state index contributed by atoms with van der Waals surface area (Å²) in [7, 11) is 7.08. The molecule has 0 aliphatic heterocycles. The number of thioether (sulfide) groups is 1. The lowest BCUT2D eigenvalue weighted by atomic mass is 10.2. The summed E-state index contributed by atoms with van der Waals surface area (Å²) in [5.41, 5.74) is 2.41. The summed E-state index contributed by atoms with van der Waals surface area (Å²) in [4.78, 5) is 14.7. The van der Waals surface area contributed by atoms with Gasteiger partial charge in [0.25, 0.3) is 0 Å². The molecule has 158 valence electrons. The fourth-order valence-electron chi connectivity index (χ4n) is 2.66. The molecule has 0 spiro atoms. The zero-order valence-corrected chi connectivity index (χ0v) is 18.3. The van der Waals surface area contributed by atoms with Gasteiger partial charge in [-0.15, -0.1) is 5.10 Å². The molecule has 1 N–H and O–H groups in total. The van der Waals surface area contributed by atoms with Crippen LogP contribution in [0.15, 0.2) is 47.6 Å². The van der Waals surface area contributed by atoms with E-state index >= 15 is 0 Å². The number of benzene rings is 2. The van der Waals surface area contributed by atoms with Gasteiger partial charge in [0, 0.05) is 31.5 Å². The molecular formula is C20H24N6O3S. The van der Waals surface area contributed by atoms with Crippen molar-refractivity contribution >= 4 is 29.0 Å². The van der Waals surface area contributed by atoms with E-state index in [1.54, 1.807) is 39.3 Å². The molecule has 0 fully saturated rings. The van der Waals surface area contributed by atoms with Gasteiger partial charge in [0.2, 0.25) is 11.1 Å². The Hall–Kier alpha value is -3.27. The van der Waals surface area contributed by atoms with Gasteiger partial charge < -0.3 is 19.7 Å². The van der Waals surface area contributed by atoms with Crippen molar-refractivity contribution < 1.29 is 14.3 Å². The van der Waals surface area contributed by atoms with E-state index in [9.17, 15) is 4.79 Å². The highest BCUT2D eigenvalue weighted by atomic mass is 32.2. The second-order valence-electron chi connectivity index (χ2n) is 6.60. The third-order valence-corrected chi connectivity index (χ3v) is 5.39. The maximum atomic E-state index is 12.7. The maximum absolute atomic E-state index is 12.7. The van der Waals surface area contributed by atoms with Crippen molar-refractivity contribution in [3.63, 3.8) is 0 Å². The summed E-state index contributed by atoms with van der Waals surface area (Å²) in [6, 6.07) is 13.0. The lowest BCUT2D eigenvalue weighted by Gasteiger charge is -2.15. The first-order valence-electron chi connectivity index (χ1n) is 9.18. The molecule has 1 aromatic heterocycles. The molecule has 3 rings (SSSR count). The zero-order chi connectivity index (χ0) is 21.7. The highest BCUT2D eigenvalue weighted by Crippen LogP contribution is 2.31. The van der Waals surface area contributed by atoms with Crippen molar-refractivity contribution in [1.29, 1.82) is 0 Å². The van der Waals surface area contributed by atoms with Crippen LogP contribution in [-0.2, 0) is 4.79 Å². The number of aromatic nitrogens is 4. The van der Waals surface area contributed by atoms with Crippen LogP contribution in [0.2, 0.25) is 0 Å². The minimum absolute atomic E-state index is 0.148. The number of ether oxygens (including phenoxy) is 2. The third-order valence-electron chi connectivity index (χ3n) is 4.36. The molecule has 1 heterocycles. The number of amides is 1. The Morgan fingerprint density at radius 1 is 1.13 bits per heavy atom. The van der Waals surface area contributed by atoms with Crippen LogP contribution in [0.5, 0.6) is 11.5 Å². The third kappa shape index (κ3) is 4.82. The van der Waals surface area contributed by atoms with Gasteiger partial charge in [-0.1, -0.05) is 11.8 Å². The van der Waals surface area contributed by atoms with Crippen LogP contribution in [0, 0.1) is 0 Å². The lowest BCUT2D eigenvalue weighted by molar-refractivity contribution is -0.115. The predicted octanol–water partition coefficient (Wildman–Crippen LogP) is 2.86. The first-order chi connectivity index (χ1) is 14.4. The van der Waals surface area contributed by atoms with Crippen molar-refractivity contribution in [3.8, 4) is 17.2 Å². The number of carbonyl (C=O) groups excluding carboxylic acids is 1. The fourth-order valence-corrected chi connectivity index (χ4v) is 3.46. The summed E-state index contributed by atoms with van der Waals surface area (Å²) in [5, 5.41) is 14.8. The van der Waals surface area contributed by atoms with Gasteiger partial charge in [-0.2, -0.15) is 4.68 Å². The van der Waals surface area contributed by atoms with Gasteiger partial charge in [-0.25, -0.2) is 0 Å². The topological polar surface area (TPSA) is 94.4 Å². The Morgan fingerprint density at radius 3 is 2.50 bits per heavy atom. The Balaban J connectivity index is 1.75. The summed E-state index contributed by atoms with van der Waals surface area (Å²) in [6.45, 7) is 1.80. The number of tetrazole rings is 1. The Labute approximate surface area is 179 Å². The van der Waals surface area contributed by atoms with Gasteiger partial charge in [0.1, 0.15) is 17.2 Å². The molecule has 1 amide bonds. The average molecular weight is 429 g/mol. The van der Waals surface area contributed by atoms with Crippen LogP contribution in [0.1, 0.15) is 6.92 Å². The lowest BCUT2D eigenvalue weighted by Crippen LogP contribution is -2.23. The van der Waals surface area contributed by atoms with Crippen molar-refractivity contribution in [1.82, 2.24) is 20.2 Å². The van der Waals surface area contributed by atoms with Crippen LogP contribution < -0.4 is 19.7 Å². The summed E-state index contributed by atoms with van der Waals surface area (Å²) in [6.07, 6.45) is 0. The molecule has 0 saturated carbocycles. The largest absolute Gasteiger partial charge is 0.497 e. The van der Waals surface area contributed by atoms with E-state index in [4.69, 9.17) is 9.47 Å². The molecule has 2 aromatic carbocycles. The Bertz CT molecular complexity index is 1010. The monoisotopic (exact) mass is 428 g/mol. The quantitative estimate of drug-likeness (QED) is 0.548. The van der Waals surface area contributed by atoms with Crippen molar-refractivity contribution in [2.45, 2.75) is 17.3 Å². The number of nitrogens with zero attached hydrogens (tertiary/aromatic N) is 5. The van der Waals surface area contributed by atoms with Gasteiger partial charge in [0.15, 0.2) is 0 Å². The number of anilines is 2. The number of nitrogens with one attached hydrogen (secondary N) is 1. The molecule has 30 heavy (non-hydrogen) atoms. The molecule has 0 aliphatic carbocycles. The number of hydrogen-bond acceptors (Lipinski definition) is 8. The van der Waals surface area contributed by atoms with Crippen LogP contribution in [0.4, 0.5) is 11.4 Å². The van der Waals surface area contributed by atoms with Gasteiger partial charge in [-0.05, 0) is 53.7 Å². The first kappa shape index (κ1) is 21.4. The SMILES string of the molecule is COc1ccc(OC)c(-n2nnnc2SC(C)C(=O)Nc2ccc(N(C)C)cc2)c1. The van der Waals surface area contributed by atoms with Gasteiger partial charge in [-0.3, -0.25) is 4.79 Å². The van der Waals surface area contributed by atoms with E-state index in [-0.39, 0.29) is 5.91 Å². The summed E-state index contributed by atoms with van der Waals surface area (Å²) >= 11 is 1.25. The number of hydrogen-bond donors (Lipinski definition) is 1. The molecule has 0 bridgehead atoms. The van der Waals surface area contributed by atoms with Crippen molar-refractivity contribution in [3.05, 3.63) is 42.5 Å². The number of carbonyl (C=O) groups is 1. The van der Waals surface area contributed by atoms with E-state index < -0.39 is 5.25 Å². The maximum Gasteiger partial charge on any atom is 0.237 e. The molecule has 0 aliphatic rings. The van der Waals surface area contributed by atoms with Crippen LogP contribution in [-0.4, -0.2) is 59.7 Å². The molecule has 0 radical (unpaired) electrons.